The van der Waals surface area contributed by atoms with Crippen molar-refractivity contribution in [3.8, 4) is 0 Å². The van der Waals surface area contributed by atoms with E-state index in [1.165, 1.54) is 6.42 Å². The maximum atomic E-state index is 12.3. The van der Waals surface area contributed by atoms with Crippen LogP contribution < -0.4 is 0 Å². The second kappa shape index (κ2) is 4.77. The predicted octanol–water partition coefficient (Wildman–Crippen LogP) is 4.85. The average molecular weight is 263 g/mol. The van der Waals surface area contributed by atoms with Gasteiger partial charge in [0.2, 0.25) is 5.78 Å². The Kier molecular flexibility index (Phi) is 3.13. The SMILES string of the molecule is O=C(c1cc2c(Cl)cccc2o1)C1CCCCC1. The number of fused-ring (bicyclic) bond motifs is 1. The minimum atomic E-state index is 0.137. The van der Waals surface area contributed by atoms with Gasteiger partial charge in [-0.15, -0.1) is 0 Å². The molecule has 18 heavy (non-hydrogen) atoms. The number of carbonyl (C=O) groups is 1. The first-order valence-electron chi connectivity index (χ1n) is 6.48. The van der Waals surface area contributed by atoms with E-state index in [4.69, 9.17) is 16.0 Å². The lowest BCUT2D eigenvalue weighted by molar-refractivity contribution is 0.0863. The number of Topliss-reactive ketones (excluding diaryl/α,β-unsaturated/α-hetero) is 1. The summed E-state index contributed by atoms with van der Waals surface area (Å²) in [5, 5.41) is 1.47. The molecule has 0 N–H and O–H groups in total. The lowest BCUT2D eigenvalue weighted by Crippen LogP contribution is -2.17. The second-order valence-electron chi connectivity index (χ2n) is 4.96. The first kappa shape index (κ1) is 11.8. The molecule has 1 heterocycles. The smallest absolute Gasteiger partial charge is 0.201 e. The molecule has 0 aliphatic heterocycles. The minimum absolute atomic E-state index is 0.137. The molecule has 1 aromatic heterocycles. The van der Waals surface area contributed by atoms with Crippen molar-refractivity contribution in [1.29, 1.82) is 0 Å². The Morgan fingerprint density at radius 1 is 1.22 bits per heavy atom. The number of furan rings is 1. The third-order valence-electron chi connectivity index (χ3n) is 3.73. The molecule has 3 rings (SSSR count). The Morgan fingerprint density at radius 2 is 2.00 bits per heavy atom. The van der Waals surface area contributed by atoms with Crippen molar-refractivity contribution in [1.82, 2.24) is 0 Å². The second-order valence-corrected chi connectivity index (χ2v) is 5.37. The summed E-state index contributed by atoms with van der Waals surface area (Å²) < 4.78 is 5.63. The molecule has 0 unspecified atom stereocenters. The lowest BCUT2D eigenvalue weighted by Gasteiger charge is -2.18. The van der Waals surface area contributed by atoms with Crippen LogP contribution in [0.4, 0.5) is 0 Å². The highest BCUT2D eigenvalue weighted by Crippen LogP contribution is 2.31. The van der Waals surface area contributed by atoms with E-state index in [2.05, 4.69) is 0 Å². The molecule has 1 fully saturated rings. The van der Waals surface area contributed by atoms with Crippen LogP contribution in [-0.4, -0.2) is 5.78 Å². The van der Waals surface area contributed by atoms with Crippen LogP contribution in [0.1, 0.15) is 42.7 Å². The van der Waals surface area contributed by atoms with Gasteiger partial charge in [0, 0.05) is 11.3 Å². The van der Waals surface area contributed by atoms with Crippen LogP contribution in [-0.2, 0) is 0 Å². The third kappa shape index (κ3) is 2.05. The summed E-state index contributed by atoms with van der Waals surface area (Å²) in [6, 6.07) is 7.28. The van der Waals surface area contributed by atoms with E-state index in [-0.39, 0.29) is 11.7 Å². The molecule has 0 amide bonds. The highest BCUT2D eigenvalue weighted by molar-refractivity contribution is 6.35. The van der Waals surface area contributed by atoms with Gasteiger partial charge < -0.3 is 4.42 Å². The zero-order chi connectivity index (χ0) is 12.5. The van der Waals surface area contributed by atoms with Gasteiger partial charge >= 0.3 is 0 Å². The van der Waals surface area contributed by atoms with Gasteiger partial charge in [0.05, 0.1) is 5.02 Å². The molecule has 0 atom stereocenters. The monoisotopic (exact) mass is 262 g/mol. The number of rotatable bonds is 2. The van der Waals surface area contributed by atoms with Gasteiger partial charge in [-0.2, -0.15) is 0 Å². The van der Waals surface area contributed by atoms with Crippen molar-refractivity contribution in [3.05, 3.63) is 35.0 Å². The number of hydrogen-bond acceptors (Lipinski definition) is 2. The number of hydrogen-bond donors (Lipinski definition) is 0. The lowest BCUT2D eigenvalue weighted by atomic mass is 9.85. The number of halogens is 1. The summed E-state index contributed by atoms with van der Waals surface area (Å²) in [6.45, 7) is 0. The Balaban J connectivity index is 1.94. The summed E-state index contributed by atoms with van der Waals surface area (Å²) in [6.07, 6.45) is 5.53. The maximum absolute atomic E-state index is 12.3. The highest BCUT2D eigenvalue weighted by atomic mass is 35.5. The standard InChI is InChI=1S/C15H15ClO2/c16-12-7-4-8-13-11(12)9-14(18-13)15(17)10-5-2-1-3-6-10/h4,7-10H,1-3,5-6H2. The molecule has 0 bridgehead atoms. The molecular formula is C15H15ClO2. The van der Waals surface area contributed by atoms with Crippen LogP contribution in [0.15, 0.2) is 28.7 Å². The average Bonchev–Trinajstić information content (AvgIpc) is 2.84. The summed E-state index contributed by atoms with van der Waals surface area (Å²) in [4.78, 5) is 12.3. The molecule has 0 radical (unpaired) electrons. The predicted molar refractivity (Wildman–Crippen MR) is 72.1 cm³/mol. The Hall–Kier alpha value is -1.28. The molecule has 2 aromatic rings. The summed E-state index contributed by atoms with van der Waals surface area (Å²) in [5.41, 5.74) is 0.696. The van der Waals surface area contributed by atoms with Gasteiger partial charge in [-0.05, 0) is 31.0 Å². The largest absolute Gasteiger partial charge is 0.453 e. The van der Waals surface area contributed by atoms with Crippen molar-refractivity contribution < 1.29 is 9.21 Å². The third-order valence-corrected chi connectivity index (χ3v) is 4.06. The zero-order valence-corrected chi connectivity index (χ0v) is 10.9. The van der Waals surface area contributed by atoms with Gasteiger partial charge in [-0.1, -0.05) is 36.9 Å². The normalized spacial score (nSPS) is 17.2. The first-order chi connectivity index (χ1) is 8.75. The van der Waals surface area contributed by atoms with E-state index in [0.717, 1.165) is 31.1 Å². The Morgan fingerprint density at radius 3 is 2.72 bits per heavy atom. The van der Waals surface area contributed by atoms with Crippen LogP contribution >= 0.6 is 11.6 Å². The van der Waals surface area contributed by atoms with Crippen molar-refractivity contribution >= 4 is 28.4 Å². The fraction of sp³-hybridized carbons (Fsp3) is 0.400. The summed E-state index contributed by atoms with van der Waals surface area (Å²) >= 11 is 6.09. The van der Waals surface area contributed by atoms with Crippen molar-refractivity contribution in [2.24, 2.45) is 5.92 Å². The van der Waals surface area contributed by atoms with Gasteiger partial charge in [0.1, 0.15) is 5.58 Å². The summed E-state index contributed by atoms with van der Waals surface area (Å²) in [7, 11) is 0. The van der Waals surface area contributed by atoms with Crippen LogP contribution in [0.5, 0.6) is 0 Å². The van der Waals surface area contributed by atoms with E-state index in [0.29, 0.717) is 16.4 Å². The summed E-state index contributed by atoms with van der Waals surface area (Å²) in [5.74, 6) is 0.741. The van der Waals surface area contributed by atoms with E-state index in [1.54, 1.807) is 6.07 Å². The number of benzene rings is 1. The molecule has 2 nitrogen and oxygen atoms in total. The van der Waals surface area contributed by atoms with Crippen molar-refractivity contribution in [2.45, 2.75) is 32.1 Å². The molecule has 3 heteroatoms. The number of ketones is 1. The van der Waals surface area contributed by atoms with Crippen molar-refractivity contribution in [2.75, 3.05) is 0 Å². The van der Waals surface area contributed by atoms with Crippen molar-refractivity contribution in [3.63, 3.8) is 0 Å². The fourth-order valence-electron chi connectivity index (χ4n) is 2.71. The van der Waals surface area contributed by atoms with Gasteiger partial charge in [-0.3, -0.25) is 4.79 Å². The van der Waals surface area contributed by atoms with Gasteiger partial charge in [0.25, 0.3) is 0 Å². The maximum Gasteiger partial charge on any atom is 0.201 e. The van der Waals surface area contributed by atoms with Gasteiger partial charge in [-0.25, -0.2) is 0 Å². The van der Waals surface area contributed by atoms with Crippen LogP contribution in [0.3, 0.4) is 0 Å². The minimum Gasteiger partial charge on any atom is -0.453 e. The van der Waals surface area contributed by atoms with E-state index < -0.39 is 0 Å². The molecule has 1 aliphatic carbocycles. The molecule has 94 valence electrons. The van der Waals surface area contributed by atoms with E-state index >= 15 is 0 Å². The highest BCUT2D eigenvalue weighted by Gasteiger charge is 2.25. The Bertz CT molecular complexity index is 579. The van der Waals surface area contributed by atoms with Crippen LogP contribution in [0.25, 0.3) is 11.0 Å². The molecule has 0 saturated heterocycles. The van der Waals surface area contributed by atoms with Crippen LogP contribution in [0.2, 0.25) is 5.02 Å². The van der Waals surface area contributed by atoms with E-state index in [1.807, 2.05) is 18.2 Å². The molecular weight excluding hydrogens is 248 g/mol. The van der Waals surface area contributed by atoms with E-state index in [9.17, 15) is 4.79 Å². The fourth-order valence-corrected chi connectivity index (χ4v) is 2.93. The van der Waals surface area contributed by atoms with Gasteiger partial charge in [0.15, 0.2) is 5.76 Å². The molecule has 0 spiro atoms. The van der Waals surface area contributed by atoms with Crippen LogP contribution in [0, 0.1) is 5.92 Å². The number of carbonyl (C=O) groups excluding carboxylic acids is 1. The quantitative estimate of drug-likeness (QED) is 0.724. The zero-order valence-electron chi connectivity index (χ0n) is 10.1. The molecule has 1 aliphatic rings. The first-order valence-corrected chi connectivity index (χ1v) is 6.86. The molecule has 1 saturated carbocycles. The molecule has 1 aromatic carbocycles. The topological polar surface area (TPSA) is 30.2 Å². The Labute approximate surface area is 111 Å².